The minimum absolute atomic E-state index is 0.170. The summed E-state index contributed by atoms with van der Waals surface area (Å²) >= 11 is 12.7. The summed E-state index contributed by atoms with van der Waals surface area (Å²) in [4.78, 5) is 15.7. The number of aromatic nitrogens is 1. The van der Waals surface area contributed by atoms with E-state index >= 15 is 0 Å². The van der Waals surface area contributed by atoms with Crippen molar-refractivity contribution in [3.63, 3.8) is 0 Å². The van der Waals surface area contributed by atoms with Crippen LogP contribution in [0.2, 0.25) is 10.0 Å². The fourth-order valence-electron chi connectivity index (χ4n) is 3.12. The monoisotopic (exact) mass is 439 g/mol. The highest BCUT2D eigenvalue weighted by Crippen LogP contribution is 2.38. The first-order chi connectivity index (χ1) is 14.5. The molecule has 0 amide bonds. The molecule has 0 radical (unpaired) electrons. The lowest BCUT2D eigenvalue weighted by atomic mass is 10.2. The van der Waals surface area contributed by atoms with E-state index in [-0.39, 0.29) is 22.2 Å². The first-order valence-electron chi connectivity index (χ1n) is 9.53. The molecule has 152 valence electrons. The number of carbonyl (C=O) groups excluding carboxylic acids is 1. The topological polar surface area (TPSA) is 51.3 Å². The van der Waals surface area contributed by atoms with Gasteiger partial charge in [-0.05, 0) is 48.4 Å². The predicted octanol–water partition coefficient (Wildman–Crippen LogP) is 7.19. The molecule has 0 saturated carbocycles. The van der Waals surface area contributed by atoms with E-state index in [0.29, 0.717) is 11.5 Å². The smallest absolute Gasteiger partial charge is 0.338 e. The molecule has 1 heterocycles. The summed E-state index contributed by atoms with van der Waals surface area (Å²) in [5, 5.41) is 1.51. The summed E-state index contributed by atoms with van der Waals surface area (Å²) in [5.74, 6) is 0.394. The number of nitrogens with one attached hydrogen (secondary N) is 1. The summed E-state index contributed by atoms with van der Waals surface area (Å²) in [6.45, 7) is 2.26. The van der Waals surface area contributed by atoms with Gasteiger partial charge in [0.2, 0.25) is 0 Å². The van der Waals surface area contributed by atoms with Crippen molar-refractivity contribution >= 4 is 40.1 Å². The highest BCUT2D eigenvalue weighted by molar-refractivity contribution is 6.37. The quantitative estimate of drug-likeness (QED) is 0.323. The molecule has 0 fully saturated rings. The van der Waals surface area contributed by atoms with E-state index in [1.54, 1.807) is 0 Å². The van der Waals surface area contributed by atoms with Crippen LogP contribution in [0.5, 0.6) is 11.5 Å². The van der Waals surface area contributed by atoms with Crippen LogP contribution in [0.4, 0.5) is 0 Å². The van der Waals surface area contributed by atoms with Gasteiger partial charge in [0.1, 0.15) is 12.4 Å². The Balaban J connectivity index is 1.51. The van der Waals surface area contributed by atoms with Crippen molar-refractivity contribution in [2.24, 2.45) is 0 Å². The third-order valence-corrected chi connectivity index (χ3v) is 5.26. The first-order valence-corrected chi connectivity index (χ1v) is 10.3. The van der Waals surface area contributed by atoms with Crippen LogP contribution >= 0.6 is 23.2 Å². The number of halogens is 2. The summed E-state index contributed by atoms with van der Waals surface area (Å²) < 4.78 is 11.3. The number of fused-ring (bicyclic) bond motifs is 1. The van der Waals surface area contributed by atoms with Crippen molar-refractivity contribution in [3.05, 3.63) is 93.6 Å². The fraction of sp³-hybridized carbons (Fsp3) is 0.125. The molecule has 4 aromatic rings. The number of aryl methyl sites for hydroxylation is 1. The molecule has 4 rings (SSSR count). The van der Waals surface area contributed by atoms with Crippen LogP contribution in [-0.2, 0) is 17.8 Å². The lowest BCUT2D eigenvalue weighted by Crippen LogP contribution is -2.05. The van der Waals surface area contributed by atoms with Gasteiger partial charge >= 0.3 is 5.97 Å². The van der Waals surface area contributed by atoms with Crippen molar-refractivity contribution < 1.29 is 14.3 Å². The molecule has 3 aromatic carbocycles. The third-order valence-electron chi connectivity index (χ3n) is 4.70. The summed E-state index contributed by atoms with van der Waals surface area (Å²) in [7, 11) is 0. The van der Waals surface area contributed by atoms with Gasteiger partial charge in [-0.15, -0.1) is 0 Å². The number of ether oxygens (including phenoxy) is 2. The average Bonchev–Trinajstić information content (AvgIpc) is 3.17. The Morgan fingerprint density at radius 3 is 2.40 bits per heavy atom. The summed E-state index contributed by atoms with van der Waals surface area (Å²) in [6, 6.07) is 20.2. The molecular weight excluding hydrogens is 421 g/mol. The maximum Gasteiger partial charge on any atom is 0.338 e. The standard InChI is InChI=1S/C24H19Cl2NO3/c1-2-18-10-16-11-19(8-9-22(16)27-18)30-23-20(25)12-17(13-21(23)26)24(28)29-14-15-6-4-3-5-7-15/h3-13,27H,2,14H2,1H3. The van der Waals surface area contributed by atoms with Gasteiger partial charge in [-0.3, -0.25) is 0 Å². The van der Waals surface area contributed by atoms with E-state index in [0.717, 1.165) is 28.6 Å². The molecule has 1 aromatic heterocycles. The molecular formula is C24H19Cl2NO3. The predicted molar refractivity (Wildman–Crippen MR) is 120 cm³/mol. The second-order valence-electron chi connectivity index (χ2n) is 6.83. The molecule has 0 unspecified atom stereocenters. The van der Waals surface area contributed by atoms with Gasteiger partial charge < -0.3 is 14.5 Å². The Kier molecular flexibility index (Phi) is 5.98. The molecule has 6 heteroatoms. The zero-order valence-electron chi connectivity index (χ0n) is 16.2. The average molecular weight is 440 g/mol. The van der Waals surface area contributed by atoms with Crippen LogP contribution in [0.15, 0.2) is 66.7 Å². The molecule has 0 aliphatic rings. The van der Waals surface area contributed by atoms with E-state index in [9.17, 15) is 4.79 Å². The first kappa shape index (κ1) is 20.3. The lowest BCUT2D eigenvalue weighted by molar-refractivity contribution is 0.0472. The maximum absolute atomic E-state index is 12.4. The van der Waals surface area contributed by atoms with E-state index in [1.165, 1.54) is 12.1 Å². The Labute approximate surface area is 184 Å². The Hall–Kier alpha value is -2.95. The largest absolute Gasteiger partial charge is 0.457 e. The van der Waals surface area contributed by atoms with Crippen LogP contribution in [-0.4, -0.2) is 11.0 Å². The zero-order chi connectivity index (χ0) is 21.1. The van der Waals surface area contributed by atoms with E-state index < -0.39 is 5.97 Å². The molecule has 30 heavy (non-hydrogen) atoms. The highest BCUT2D eigenvalue weighted by atomic mass is 35.5. The van der Waals surface area contributed by atoms with Gasteiger partial charge in [0.05, 0.1) is 15.6 Å². The van der Waals surface area contributed by atoms with Crippen molar-refractivity contribution in [1.29, 1.82) is 0 Å². The number of esters is 1. The van der Waals surface area contributed by atoms with E-state index in [4.69, 9.17) is 32.7 Å². The van der Waals surface area contributed by atoms with Crippen molar-refractivity contribution in [2.45, 2.75) is 20.0 Å². The van der Waals surface area contributed by atoms with Gasteiger partial charge in [0.15, 0.2) is 5.75 Å². The summed E-state index contributed by atoms with van der Waals surface area (Å²) in [6.07, 6.45) is 0.921. The second kappa shape index (κ2) is 8.82. The van der Waals surface area contributed by atoms with E-state index in [2.05, 4.69) is 18.0 Å². The number of hydrogen-bond donors (Lipinski definition) is 1. The molecule has 0 aliphatic heterocycles. The van der Waals surface area contributed by atoms with Crippen molar-refractivity contribution in [1.82, 2.24) is 4.98 Å². The minimum atomic E-state index is -0.505. The van der Waals surface area contributed by atoms with Gasteiger partial charge in [-0.1, -0.05) is 60.5 Å². The molecule has 1 N–H and O–H groups in total. The van der Waals surface area contributed by atoms with Gasteiger partial charge in [0, 0.05) is 16.6 Å². The van der Waals surface area contributed by atoms with Crippen molar-refractivity contribution in [3.8, 4) is 11.5 Å². The molecule has 4 nitrogen and oxygen atoms in total. The second-order valence-corrected chi connectivity index (χ2v) is 7.64. The number of benzene rings is 3. The fourth-order valence-corrected chi connectivity index (χ4v) is 3.69. The number of rotatable bonds is 6. The highest BCUT2D eigenvalue weighted by Gasteiger charge is 2.16. The Morgan fingerprint density at radius 2 is 1.70 bits per heavy atom. The lowest BCUT2D eigenvalue weighted by Gasteiger charge is -2.12. The van der Waals surface area contributed by atoms with Gasteiger partial charge in [-0.25, -0.2) is 4.79 Å². The molecule has 0 bridgehead atoms. The van der Waals surface area contributed by atoms with E-state index in [1.807, 2.05) is 48.5 Å². The molecule has 0 aliphatic carbocycles. The van der Waals surface area contributed by atoms with Crippen LogP contribution in [0, 0.1) is 0 Å². The number of H-pyrrole nitrogens is 1. The molecule has 0 atom stereocenters. The third kappa shape index (κ3) is 4.45. The van der Waals surface area contributed by atoms with Crippen LogP contribution < -0.4 is 4.74 Å². The minimum Gasteiger partial charge on any atom is -0.457 e. The zero-order valence-corrected chi connectivity index (χ0v) is 17.8. The number of carbonyl (C=O) groups is 1. The Morgan fingerprint density at radius 1 is 0.967 bits per heavy atom. The molecule has 0 saturated heterocycles. The van der Waals surface area contributed by atoms with Crippen LogP contribution in [0.3, 0.4) is 0 Å². The van der Waals surface area contributed by atoms with Crippen molar-refractivity contribution in [2.75, 3.05) is 0 Å². The van der Waals surface area contributed by atoms with Crippen LogP contribution in [0.25, 0.3) is 10.9 Å². The number of hydrogen-bond acceptors (Lipinski definition) is 3. The SMILES string of the molecule is CCc1cc2cc(Oc3c(Cl)cc(C(=O)OCc4ccccc4)cc3Cl)ccc2[nH]1. The Bertz CT molecular complexity index is 1180. The number of aromatic amines is 1. The van der Waals surface area contributed by atoms with Gasteiger partial charge in [-0.2, -0.15) is 0 Å². The summed E-state index contributed by atoms with van der Waals surface area (Å²) in [5.41, 5.74) is 3.35. The van der Waals surface area contributed by atoms with Crippen LogP contribution in [0.1, 0.15) is 28.5 Å². The normalized spacial score (nSPS) is 10.9. The molecule has 0 spiro atoms. The maximum atomic E-state index is 12.4. The van der Waals surface area contributed by atoms with Gasteiger partial charge in [0.25, 0.3) is 0 Å².